The fraction of sp³-hybridized carbons (Fsp3) is 0. The first-order chi connectivity index (χ1) is 37.2. The molecule has 0 radical (unpaired) electrons. The number of furan rings is 1. The molecule has 3 nitrogen and oxygen atoms in total. The van der Waals surface area contributed by atoms with Gasteiger partial charge < -0.3 is 13.9 Å². The lowest BCUT2D eigenvalue weighted by Crippen LogP contribution is -2.11. The Bertz CT molecular complexity index is 4360. The van der Waals surface area contributed by atoms with E-state index in [9.17, 15) is 0 Å². The minimum atomic E-state index is 0.896. The summed E-state index contributed by atoms with van der Waals surface area (Å²) in [6.45, 7) is 0. The van der Waals surface area contributed by atoms with E-state index < -0.39 is 0 Å². The van der Waals surface area contributed by atoms with Gasteiger partial charge in [-0.25, -0.2) is 0 Å². The first-order valence-corrected chi connectivity index (χ1v) is 25.7. The van der Waals surface area contributed by atoms with Crippen molar-refractivity contribution < 1.29 is 4.42 Å². The molecule has 14 rings (SSSR count). The van der Waals surface area contributed by atoms with Gasteiger partial charge in [-0.15, -0.1) is 0 Å². The first-order valence-electron chi connectivity index (χ1n) is 25.7. The van der Waals surface area contributed by atoms with E-state index in [0.717, 1.165) is 89.2 Å². The lowest BCUT2D eigenvalue weighted by atomic mass is 9.93. The van der Waals surface area contributed by atoms with Crippen molar-refractivity contribution in [3.8, 4) is 72.4 Å². The van der Waals surface area contributed by atoms with Crippen LogP contribution in [0.4, 0.5) is 17.1 Å². The molecule has 0 aliphatic carbocycles. The predicted molar refractivity (Wildman–Crippen MR) is 315 cm³/mol. The molecular formula is C72H48N2O. The lowest BCUT2D eigenvalue weighted by Gasteiger charge is -2.28. The standard InChI is InChI=1S/C72H48N2O/c1-2-19-49(20-3-1)52-21-16-23-54(47-52)59-26-6-11-34-67(59)73(57-45-41-51(42-46-57)58-25-4-5-28-61(58)65-32-18-33-66-64-31-10-15-38-71(64)75-72(65)66)56-43-39-50(40-44-56)53-22-17-24-55(48-53)60-27-7-12-35-68(60)74-69-36-13-8-29-62(69)63-30-9-14-37-70(63)74/h1-48H. The van der Waals surface area contributed by atoms with E-state index >= 15 is 0 Å². The average molecular weight is 957 g/mol. The largest absolute Gasteiger partial charge is 0.455 e. The van der Waals surface area contributed by atoms with Crippen LogP contribution in [0.3, 0.4) is 0 Å². The van der Waals surface area contributed by atoms with Gasteiger partial charge in [0.05, 0.1) is 22.4 Å². The molecule has 0 saturated carbocycles. The average Bonchev–Trinajstić information content (AvgIpc) is 4.04. The molecular weight excluding hydrogens is 909 g/mol. The predicted octanol–water partition coefficient (Wildman–Crippen LogP) is 20.2. The summed E-state index contributed by atoms with van der Waals surface area (Å²) in [6, 6.07) is 105. The van der Waals surface area contributed by atoms with Crippen molar-refractivity contribution in [2.75, 3.05) is 4.90 Å². The quantitative estimate of drug-likeness (QED) is 0.136. The van der Waals surface area contributed by atoms with Crippen molar-refractivity contribution >= 4 is 60.8 Å². The van der Waals surface area contributed by atoms with Crippen LogP contribution in [0, 0.1) is 0 Å². The molecule has 75 heavy (non-hydrogen) atoms. The normalized spacial score (nSPS) is 11.5. The number of hydrogen-bond acceptors (Lipinski definition) is 2. The van der Waals surface area contributed by atoms with Crippen molar-refractivity contribution in [2.24, 2.45) is 0 Å². The molecule has 0 atom stereocenters. The summed E-state index contributed by atoms with van der Waals surface area (Å²) < 4.78 is 8.97. The summed E-state index contributed by atoms with van der Waals surface area (Å²) in [5.74, 6) is 0. The topological polar surface area (TPSA) is 21.3 Å². The number of hydrogen-bond donors (Lipinski definition) is 0. The van der Waals surface area contributed by atoms with Crippen molar-refractivity contribution in [1.29, 1.82) is 0 Å². The van der Waals surface area contributed by atoms with E-state index in [2.05, 4.69) is 289 Å². The Balaban J connectivity index is 0.861. The molecule has 0 aliphatic rings. The molecule has 0 unspecified atom stereocenters. The minimum absolute atomic E-state index is 0.896. The maximum absolute atomic E-state index is 6.56. The second kappa shape index (κ2) is 18.6. The highest BCUT2D eigenvalue weighted by Gasteiger charge is 2.21. The van der Waals surface area contributed by atoms with Gasteiger partial charge in [-0.1, -0.05) is 224 Å². The number of para-hydroxylation sites is 6. The van der Waals surface area contributed by atoms with E-state index in [1.165, 1.54) is 44.1 Å². The minimum Gasteiger partial charge on any atom is -0.455 e. The summed E-state index contributed by atoms with van der Waals surface area (Å²) in [6.07, 6.45) is 0. The van der Waals surface area contributed by atoms with Gasteiger partial charge in [-0.3, -0.25) is 0 Å². The summed E-state index contributed by atoms with van der Waals surface area (Å²) in [4.78, 5) is 2.40. The van der Waals surface area contributed by atoms with Crippen LogP contribution in [0.5, 0.6) is 0 Å². The molecule has 0 bridgehead atoms. The highest BCUT2D eigenvalue weighted by Crippen LogP contribution is 2.45. The van der Waals surface area contributed by atoms with Crippen molar-refractivity contribution in [2.45, 2.75) is 0 Å². The van der Waals surface area contributed by atoms with E-state index in [4.69, 9.17) is 4.42 Å². The summed E-state index contributed by atoms with van der Waals surface area (Å²) >= 11 is 0. The van der Waals surface area contributed by atoms with Crippen LogP contribution in [0.15, 0.2) is 296 Å². The molecule has 0 aliphatic heterocycles. The Morgan fingerprint density at radius 2 is 0.720 bits per heavy atom. The molecule has 0 spiro atoms. The number of benzene rings is 12. The maximum Gasteiger partial charge on any atom is 0.143 e. The van der Waals surface area contributed by atoms with Gasteiger partial charge in [0.1, 0.15) is 11.2 Å². The van der Waals surface area contributed by atoms with Gasteiger partial charge >= 0.3 is 0 Å². The van der Waals surface area contributed by atoms with E-state index in [1.807, 2.05) is 12.1 Å². The second-order valence-corrected chi connectivity index (χ2v) is 19.2. The van der Waals surface area contributed by atoms with E-state index in [-0.39, 0.29) is 0 Å². The van der Waals surface area contributed by atoms with E-state index in [0.29, 0.717) is 0 Å². The molecule has 14 aromatic rings. The van der Waals surface area contributed by atoms with E-state index in [1.54, 1.807) is 0 Å². The zero-order valence-electron chi connectivity index (χ0n) is 41.0. The lowest BCUT2D eigenvalue weighted by molar-refractivity contribution is 0.670. The number of rotatable bonds is 10. The summed E-state index contributed by atoms with van der Waals surface area (Å²) in [5, 5.41) is 4.76. The highest BCUT2D eigenvalue weighted by atomic mass is 16.3. The third-order valence-corrected chi connectivity index (χ3v) is 14.8. The van der Waals surface area contributed by atoms with Crippen LogP contribution in [0.2, 0.25) is 0 Å². The second-order valence-electron chi connectivity index (χ2n) is 19.2. The third kappa shape index (κ3) is 7.78. The Labute approximate surface area is 436 Å². The zero-order chi connectivity index (χ0) is 49.7. The summed E-state index contributed by atoms with van der Waals surface area (Å²) in [7, 11) is 0. The Kier molecular flexibility index (Phi) is 10.8. The third-order valence-electron chi connectivity index (χ3n) is 14.8. The molecule has 12 aromatic carbocycles. The van der Waals surface area contributed by atoms with Gasteiger partial charge in [-0.05, 0) is 117 Å². The zero-order valence-corrected chi connectivity index (χ0v) is 41.0. The van der Waals surface area contributed by atoms with Crippen LogP contribution in [-0.2, 0) is 0 Å². The van der Waals surface area contributed by atoms with Gasteiger partial charge in [0, 0.05) is 49.6 Å². The van der Waals surface area contributed by atoms with Gasteiger partial charge in [0.25, 0.3) is 0 Å². The highest BCUT2D eigenvalue weighted by molar-refractivity contribution is 6.11. The molecule has 2 heterocycles. The van der Waals surface area contributed by atoms with Crippen molar-refractivity contribution in [1.82, 2.24) is 4.57 Å². The fourth-order valence-corrected chi connectivity index (χ4v) is 11.3. The summed E-state index contributed by atoms with van der Waals surface area (Å²) in [5.41, 5.74) is 22.3. The molecule has 0 amide bonds. The van der Waals surface area contributed by atoms with Gasteiger partial charge in [-0.2, -0.15) is 0 Å². The van der Waals surface area contributed by atoms with Crippen LogP contribution >= 0.6 is 0 Å². The monoisotopic (exact) mass is 956 g/mol. The SMILES string of the molecule is c1ccc(-c2cccc(-c3ccccc3N(c3ccc(-c4cccc(-c5ccccc5-n5c6ccccc6c6ccccc65)c4)cc3)c3ccc(-c4ccccc4-c4cccc5c4oc4ccccc45)cc3)c2)cc1. The Morgan fingerprint density at radius 1 is 0.267 bits per heavy atom. The number of nitrogens with zero attached hydrogens (tertiary/aromatic N) is 2. The Morgan fingerprint density at radius 3 is 1.41 bits per heavy atom. The van der Waals surface area contributed by atoms with Crippen molar-refractivity contribution in [3.05, 3.63) is 291 Å². The maximum atomic E-state index is 6.56. The van der Waals surface area contributed by atoms with Gasteiger partial charge in [0.15, 0.2) is 0 Å². The van der Waals surface area contributed by atoms with Crippen LogP contribution < -0.4 is 4.90 Å². The van der Waals surface area contributed by atoms with Gasteiger partial charge in [0.2, 0.25) is 0 Å². The molecule has 0 fully saturated rings. The fourth-order valence-electron chi connectivity index (χ4n) is 11.3. The number of aromatic nitrogens is 1. The molecule has 3 heteroatoms. The number of anilines is 3. The molecule has 0 saturated heterocycles. The molecule has 0 N–H and O–H groups in total. The smallest absolute Gasteiger partial charge is 0.143 e. The van der Waals surface area contributed by atoms with Crippen LogP contribution in [0.1, 0.15) is 0 Å². The molecule has 2 aromatic heterocycles. The van der Waals surface area contributed by atoms with Crippen LogP contribution in [0.25, 0.3) is 116 Å². The molecule has 352 valence electrons. The van der Waals surface area contributed by atoms with Crippen molar-refractivity contribution in [3.63, 3.8) is 0 Å². The Hall–Kier alpha value is -9.96. The number of fused-ring (bicyclic) bond motifs is 6. The van der Waals surface area contributed by atoms with Crippen LogP contribution in [-0.4, -0.2) is 4.57 Å². The first kappa shape index (κ1) is 43.8.